The van der Waals surface area contributed by atoms with Crippen LogP contribution in [-0.4, -0.2) is 39.5 Å². The fourth-order valence-corrected chi connectivity index (χ4v) is 3.50. The number of carbonyl (C=O) groups excluding carboxylic acids is 1. The molecule has 1 aromatic rings. The number of carboxylic acid groups (broad SMARTS) is 1. The van der Waals surface area contributed by atoms with E-state index in [-0.39, 0.29) is 17.8 Å². The van der Waals surface area contributed by atoms with E-state index in [1.54, 1.807) is 30.5 Å². The second-order valence-corrected chi connectivity index (χ2v) is 7.40. The Morgan fingerprint density at radius 3 is 2.55 bits per heavy atom. The third-order valence-electron chi connectivity index (χ3n) is 2.85. The van der Waals surface area contributed by atoms with Crippen molar-refractivity contribution in [2.45, 2.75) is 30.0 Å². The van der Waals surface area contributed by atoms with Crippen LogP contribution in [0.15, 0.2) is 35.3 Å². The average Bonchev–Trinajstić information content (AvgIpc) is 2.72. The maximum absolute atomic E-state index is 12.1. The number of thioether (sulfide) groups is 1. The van der Waals surface area contributed by atoms with Crippen LogP contribution in [-0.2, 0) is 9.59 Å². The highest BCUT2D eigenvalue weighted by Crippen LogP contribution is 2.42. The van der Waals surface area contributed by atoms with Crippen LogP contribution in [0.1, 0.15) is 20.3 Å². The molecule has 0 saturated carbocycles. The highest BCUT2D eigenvalue weighted by molar-refractivity contribution is 8.03. The zero-order valence-electron chi connectivity index (χ0n) is 12.4. The van der Waals surface area contributed by atoms with E-state index in [2.05, 4.69) is 10.3 Å². The van der Waals surface area contributed by atoms with Crippen molar-refractivity contribution in [3.8, 4) is 5.75 Å². The van der Waals surface area contributed by atoms with Crippen molar-refractivity contribution in [1.29, 1.82) is 0 Å². The number of hydrogen-bond donors (Lipinski definition) is 2. The Balaban J connectivity index is 1.97. The highest BCUT2D eigenvalue weighted by atomic mass is 32.2. The first-order chi connectivity index (χ1) is 10.3. The van der Waals surface area contributed by atoms with E-state index < -0.39 is 16.9 Å². The highest BCUT2D eigenvalue weighted by Gasteiger charge is 2.44. The van der Waals surface area contributed by atoms with Crippen molar-refractivity contribution in [2.24, 2.45) is 4.99 Å². The summed E-state index contributed by atoms with van der Waals surface area (Å²) in [6.45, 7) is 3.64. The summed E-state index contributed by atoms with van der Waals surface area (Å²) < 4.78 is 5.03. The number of ether oxygens (including phenoxy) is 1. The van der Waals surface area contributed by atoms with Gasteiger partial charge in [-0.3, -0.25) is 14.6 Å². The van der Waals surface area contributed by atoms with E-state index in [9.17, 15) is 9.59 Å². The van der Waals surface area contributed by atoms with Crippen LogP contribution < -0.4 is 10.1 Å². The molecule has 22 heavy (non-hydrogen) atoms. The van der Waals surface area contributed by atoms with Gasteiger partial charge < -0.3 is 15.2 Å². The van der Waals surface area contributed by atoms with Crippen molar-refractivity contribution < 1.29 is 19.4 Å². The molecule has 7 heteroatoms. The summed E-state index contributed by atoms with van der Waals surface area (Å²) in [6.07, 6.45) is 1.38. The van der Waals surface area contributed by atoms with Gasteiger partial charge in [-0.25, -0.2) is 0 Å². The van der Waals surface area contributed by atoms with E-state index in [0.717, 1.165) is 0 Å². The van der Waals surface area contributed by atoms with Crippen LogP contribution in [0.3, 0.4) is 0 Å². The molecule has 2 N–H and O–H groups in total. The first kappa shape index (κ1) is 16.4. The van der Waals surface area contributed by atoms with Crippen LogP contribution in [0.5, 0.6) is 5.75 Å². The Hall–Kier alpha value is -2.02. The first-order valence-electron chi connectivity index (χ1n) is 6.77. The maximum Gasteiger partial charge on any atom is 0.308 e. The quantitative estimate of drug-likeness (QED) is 0.835. The molecule has 2 rings (SSSR count). The molecule has 1 amide bonds. The molecule has 1 aliphatic heterocycles. The van der Waals surface area contributed by atoms with E-state index in [4.69, 9.17) is 9.84 Å². The number of benzene rings is 1. The number of nitrogens with one attached hydrogen (secondary N) is 1. The Labute approximate surface area is 133 Å². The molecular formula is C15H18N2O4S. The van der Waals surface area contributed by atoms with Crippen LogP contribution >= 0.6 is 11.8 Å². The molecule has 0 radical (unpaired) electrons. The molecule has 1 atom stereocenters. The molecule has 1 aromatic carbocycles. The molecule has 0 aromatic heterocycles. The minimum Gasteiger partial charge on any atom is -0.484 e. The van der Waals surface area contributed by atoms with Crippen molar-refractivity contribution in [2.75, 3.05) is 6.61 Å². The zero-order valence-corrected chi connectivity index (χ0v) is 13.2. The van der Waals surface area contributed by atoms with Gasteiger partial charge in [-0.1, -0.05) is 30.0 Å². The summed E-state index contributed by atoms with van der Waals surface area (Å²) in [7, 11) is 0. The summed E-state index contributed by atoms with van der Waals surface area (Å²) in [6, 6.07) is 8.94. The van der Waals surface area contributed by atoms with Gasteiger partial charge in [0.2, 0.25) is 0 Å². The topological polar surface area (TPSA) is 88.0 Å². The van der Waals surface area contributed by atoms with Gasteiger partial charge in [0, 0.05) is 11.0 Å². The maximum atomic E-state index is 12.1. The molecule has 6 nitrogen and oxygen atoms in total. The minimum absolute atomic E-state index is 0.193. The molecule has 0 fully saturated rings. The Bertz CT molecular complexity index is 588. The van der Waals surface area contributed by atoms with Crippen LogP contribution in [0, 0.1) is 0 Å². The molecule has 0 spiro atoms. The van der Waals surface area contributed by atoms with Gasteiger partial charge in [0.15, 0.2) is 11.6 Å². The summed E-state index contributed by atoms with van der Waals surface area (Å²) in [5, 5.41) is 11.7. The fourth-order valence-electron chi connectivity index (χ4n) is 2.06. The number of aliphatic imine (C=N–C) groups is 1. The number of para-hydroxylation sites is 1. The third-order valence-corrected chi connectivity index (χ3v) is 4.18. The summed E-state index contributed by atoms with van der Waals surface area (Å²) in [4.78, 5) is 26.2. The Kier molecular flexibility index (Phi) is 4.75. The molecule has 0 bridgehead atoms. The van der Waals surface area contributed by atoms with Gasteiger partial charge in [0.1, 0.15) is 5.75 Å². The Morgan fingerprint density at radius 2 is 2.00 bits per heavy atom. The molecule has 1 unspecified atom stereocenters. The smallest absolute Gasteiger partial charge is 0.308 e. The normalized spacial score (nSPS) is 22.3. The van der Waals surface area contributed by atoms with Crippen molar-refractivity contribution in [1.82, 2.24) is 5.32 Å². The SMILES string of the molecule is CC1(C)C=NC(CC(=O)O)(NC(=O)COc2ccccc2)S1. The largest absolute Gasteiger partial charge is 0.484 e. The number of carbonyl (C=O) groups is 2. The first-order valence-corrected chi connectivity index (χ1v) is 7.59. The van der Waals surface area contributed by atoms with Gasteiger partial charge >= 0.3 is 5.97 Å². The zero-order chi connectivity index (χ0) is 16.2. The lowest BCUT2D eigenvalue weighted by molar-refractivity contribution is -0.138. The molecule has 1 aliphatic rings. The number of nitrogens with zero attached hydrogens (tertiary/aromatic N) is 1. The van der Waals surface area contributed by atoms with E-state index in [1.807, 2.05) is 19.9 Å². The van der Waals surface area contributed by atoms with Gasteiger partial charge in [0.25, 0.3) is 5.91 Å². The van der Waals surface area contributed by atoms with Gasteiger partial charge in [-0.15, -0.1) is 0 Å². The number of hydrogen-bond acceptors (Lipinski definition) is 5. The predicted octanol–water partition coefficient (Wildman–Crippen LogP) is 1.91. The molecule has 0 saturated heterocycles. The number of carboxylic acids is 1. The lowest BCUT2D eigenvalue weighted by atomic mass is 10.2. The van der Waals surface area contributed by atoms with Crippen molar-refractivity contribution in [3.63, 3.8) is 0 Å². The van der Waals surface area contributed by atoms with Gasteiger partial charge in [-0.05, 0) is 26.0 Å². The predicted molar refractivity (Wildman–Crippen MR) is 85.2 cm³/mol. The number of aliphatic carboxylic acids is 1. The third kappa shape index (κ3) is 4.49. The lowest BCUT2D eigenvalue weighted by Crippen LogP contribution is -2.47. The molecular weight excluding hydrogens is 304 g/mol. The van der Waals surface area contributed by atoms with Crippen LogP contribution in [0.4, 0.5) is 0 Å². The van der Waals surface area contributed by atoms with E-state index in [1.165, 1.54) is 11.8 Å². The number of amides is 1. The number of rotatable bonds is 6. The van der Waals surface area contributed by atoms with Crippen LogP contribution in [0.25, 0.3) is 0 Å². The molecule has 118 valence electrons. The summed E-state index contributed by atoms with van der Waals surface area (Å²) >= 11 is 1.30. The molecule has 0 aliphatic carbocycles. The van der Waals surface area contributed by atoms with Gasteiger partial charge in [-0.2, -0.15) is 0 Å². The lowest BCUT2D eigenvalue weighted by Gasteiger charge is -2.28. The van der Waals surface area contributed by atoms with Gasteiger partial charge in [0.05, 0.1) is 6.42 Å². The summed E-state index contributed by atoms with van der Waals surface area (Å²) in [5.41, 5.74) is 0. The monoisotopic (exact) mass is 322 g/mol. The van der Waals surface area contributed by atoms with Crippen molar-refractivity contribution >= 4 is 29.9 Å². The molecule has 1 heterocycles. The standard InChI is InChI=1S/C15H18N2O4S/c1-14(2)10-16-15(22-14,8-13(19)20)17-12(18)9-21-11-6-4-3-5-7-11/h3-7,10H,8-9H2,1-2H3,(H,17,18)(H,19,20). The van der Waals surface area contributed by atoms with E-state index in [0.29, 0.717) is 5.75 Å². The average molecular weight is 322 g/mol. The van der Waals surface area contributed by atoms with Crippen molar-refractivity contribution in [3.05, 3.63) is 30.3 Å². The minimum atomic E-state index is -1.17. The second-order valence-electron chi connectivity index (χ2n) is 5.47. The fraction of sp³-hybridized carbons (Fsp3) is 0.400. The Morgan fingerprint density at radius 1 is 1.32 bits per heavy atom. The summed E-state index contributed by atoms with van der Waals surface area (Å²) in [5.74, 6) is -0.855. The van der Waals surface area contributed by atoms with E-state index >= 15 is 0 Å². The second kappa shape index (κ2) is 6.39. The van der Waals surface area contributed by atoms with Crippen LogP contribution in [0.2, 0.25) is 0 Å².